The van der Waals surface area contributed by atoms with Gasteiger partial charge in [0.15, 0.2) is 18.0 Å². The van der Waals surface area contributed by atoms with Gasteiger partial charge in [-0.15, -0.1) is 0 Å². The lowest BCUT2D eigenvalue weighted by molar-refractivity contribution is -0.156. The van der Waals surface area contributed by atoms with Gasteiger partial charge < -0.3 is 9.47 Å². The van der Waals surface area contributed by atoms with Crippen LogP contribution in [0.4, 0.5) is 4.39 Å². The molecule has 1 aromatic heterocycles. The Bertz CT molecular complexity index is 913. The summed E-state index contributed by atoms with van der Waals surface area (Å²) in [6.45, 7) is 3.39. The first-order valence-corrected chi connectivity index (χ1v) is 10.1. The Morgan fingerprint density at radius 2 is 2.11 bits per heavy atom. The number of aromatic nitrogens is 2. The van der Waals surface area contributed by atoms with Gasteiger partial charge in [0.25, 0.3) is 5.56 Å². The number of alkyl halides is 1. The number of H-pyrrole nitrogens is 1. The van der Waals surface area contributed by atoms with Crippen LogP contribution in [-0.2, 0) is 27.9 Å². The van der Waals surface area contributed by atoms with Crippen molar-refractivity contribution >= 4 is 13.7 Å². The Kier molecular flexibility index (Phi) is 5.61. The summed E-state index contributed by atoms with van der Waals surface area (Å²) < 4.78 is 50.4. The molecule has 0 bridgehead atoms. The molecule has 2 fully saturated rings. The summed E-state index contributed by atoms with van der Waals surface area (Å²) in [4.78, 5) is 37.4. The number of esters is 1. The van der Waals surface area contributed by atoms with E-state index < -0.39 is 68.3 Å². The number of rotatable bonds is 3. The van der Waals surface area contributed by atoms with Crippen LogP contribution in [0, 0.1) is 0 Å². The summed E-state index contributed by atoms with van der Waals surface area (Å²) >= 11 is 0. The Morgan fingerprint density at radius 3 is 2.75 bits per heavy atom. The van der Waals surface area contributed by atoms with Gasteiger partial charge in [-0.3, -0.25) is 28.2 Å². The van der Waals surface area contributed by atoms with Gasteiger partial charge in [-0.2, -0.15) is 0 Å². The molecular weight excluding hydrogens is 400 g/mol. The number of hydrogen-bond acceptors (Lipinski definition) is 8. The number of halogens is 1. The van der Waals surface area contributed by atoms with Gasteiger partial charge in [-0.25, -0.2) is 18.8 Å². The highest BCUT2D eigenvalue weighted by atomic mass is 31.2. The van der Waals surface area contributed by atoms with E-state index in [1.807, 2.05) is 4.98 Å². The molecule has 13 heteroatoms. The second kappa shape index (κ2) is 7.53. The normalized spacial score (nSPS) is 36.3. The largest absolute Gasteiger partial charge is 0.455 e. The molecule has 11 nitrogen and oxygen atoms in total. The van der Waals surface area contributed by atoms with Crippen LogP contribution in [0.2, 0.25) is 0 Å². The van der Waals surface area contributed by atoms with Gasteiger partial charge in [0.2, 0.25) is 0 Å². The van der Waals surface area contributed by atoms with Gasteiger partial charge in [0.05, 0.1) is 12.7 Å². The van der Waals surface area contributed by atoms with Crippen molar-refractivity contribution in [3.8, 4) is 0 Å². The van der Waals surface area contributed by atoms with Crippen LogP contribution in [0.25, 0.3) is 0 Å². The number of aromatic amines is 1. The van der Waals surface area contributed by atoms with E-state index in [-0.39, 0.29) is 0 Å². The number of hydrogen-bond donors (Lipinski definition) is 2. The molecule has 0 radical (unpaired) electrons. The van der Waals surface area contributed by atoms with Crippen molar-refractivity contribution in [3.05, 3.63) is 33.1 Å². The highest BCUT2D eigenvalue weighted by molar-refractivity contribution is 7.51. The second-order valence-corrected chi connectivity index (χ2v) is 8.67. The van der Waals surface area contributed by atoms with E-state index in [9.17, 15) is 18.9 Å². The first-order chi connectivity index (χ1) is 13.0. The molecule has 2 aliphatic heterocycles. The molecule has 0 spiro atoms. The highest BCUT2D eigenvalue weighted by Gasteiger charge is 2.59. The molecule has 5 atom stereocenters. The van der Waals surface area contributed by atoms with E-state index >= 15 is 4.39 Å². The summed E-state index contributed by atoms with van der Waals surface area (Å²) in [5.74, 6) is -0.893. The van der Waals surface area contributed by atoms with Crippen LogP contribution >= 0.6 is 7.75 Å². The molecule has 0 saturated carbocycles. The minimum absolute atomic E-state index is 0.428. The maximum atomic E-state index is 15.6. The van der Waals surface area contributed by atoms with Gasteiger partial charge in [0, 0.05) is 12.3 Å². The predicted octanol–water partition coefficient (Wildman–Crippen LogP) is 0.227. The fourth-order valence-electron chi connectivity index (χ4n) is 3.05. The number of ether oxygens (including phenoxy) is 2. The monoisotopic (exact) mass is 421 g/mol. The molecular formula is C15H21FN3O8P. The van der Waals surface area contributed by atoms with Gasteiger partial charge in [0.1, 0.15) is 12.6 Å². The summed E-state index contributed by atoms with van der Waals surface area (Å²) in [6, 6.07) is 1.03. The van der Waals surface area contributed by atoms with E-state index in [0.29, 0.717) is 0 Å². The minimum Gasteiger partial charge on any atom is -0.455 e. The minimum atomic E-state index is -3.87. The average molecular weight is 421 g/mol. The van der Waals surface area contributed by atoms with Crippen molar-refractivity contribution in [1.82, 2.24) is 14.6 Å². The zero-order valence-corrected chi connectivity index (χ0v) is 16.3. The average Bonchev–Trinajstić information content (AvgIpc) is 2.84. The predicted molar refractivity (Wildman–Crippen MR) is 92.4 cm³/mol. The zero-order chi connectivity index (χ0) is 20.7. The van der Waals surface area contributed by atoms with Crippen LogP contribution in [0.5, 0.6) is 0 Å². The first kappa shape index (κ1) is 20.9. The third kappa shape index (κ3) is 4.11. The van der Waals surface area contributed by atoms with Crippen molar-refractivity contribution in [2.24, 2.45) is 0 Å². The van der Waals surface area contributed by atoms with Crippen LogP contribution in [0.15, 0.2) is 21.9 Å². The molecule has 0 amide bonds. The Hall–Kier alpha value is -1.85. The smallest absolute Gasteiger partial charge is 0.406 e. The molecule has 0 aliphatic carbocycles. The van der Waals surface area contributed by atoms with Crippen LogP contribution in [-0.4, -0.2) is 52.7 Å². The third-order valence-electron chi connectivity index (χ3n) is 4.22. The number of nitrogens with zero attached hydrogens (tertiary/aromatic N) is 1. The maximum absolute atomic E-state index is 15.6. The van der Waals surface area contributed by atoms with E-state index in [4.69, 9.17) is 18.5 Å². The van der Waals surface area contributed by atoms with E-state index in [1.54, 1.807) is 13.8 Å². The molecule has 3 rings (SSSR count). The van der Waals surface area contributed by atoms with Gasteiger partial charge in [-0.1, -0.05) is 0 Å². The molecule has 2 aliphatic rings. The molecule has 2 N–H and O–H groups in total. The molecule has 156 valence electrons. The lowest BCUT2D eigenvalue weighted by atomic mass is 9.98. The van der Waals surface area contributed by atoms with Crippen molar-refractivity contribution in [2.45, 2.75) is 51.0 Å². The lowest BCUT2D eigenvalue weighted by Crippen LogP contribution is -2.46. The molecule has 2 saturated heterocycles. The number of fused-ring (bicyclic) bond motifs is 1. The number of carbonyl (C=O) groups excluding carboxylic acids is 1. The Labute approximate surface area is 158 Å². The Balaban J connectivity index is 1.93. The van der Waals surface area contributed by atoms with Crippen LogP contribution in [0.1, 0.15) is 27.0 Å². The van der Waals surface area contributed by atoms with Crippen LogP contribution in [0.3, 0.4) is 0 Å². The summed E-state index contributed by atoms with van der Waals surface area (Å²) in [6.07, 6.45) is -3.54. The molecule has 3 unspecified atom stereocenters. The lowest BCUT2D eigenvalue weighted by Gasteiger charge is -2.27. The quantitative estimate of drug-likeness (QED) is 0.519. The molecule has 1 aromatic rings. The van der Waals surface area contributed by atoms with E-state index in [1.165, 1.54) is 0 Å². The number of nitrogens with one attached hydrogen (secondary N) is 2. The first-order valence-electron chi connectivity index (χ1n) is 8.55. The SMILES string of the molecule is CC(C)OP1(=O)NCC(=O)OC2[C@@H](CO1)O[C@@H](n1ccc(=O)[nH]c1=O)C2(C)F. The fraction of sp³-hybridized carbons (Fsp3) is 0.667. The van der Waals surface area contributed by atoms with E-state index in [0.717, 1.165) is 23.8 Å². The van der Waals surface area contributed by atoms with Crippen molar-refractivity contribution in [2.75, 3.05) is 13.2 Å². The molecule has 28 heavy (non-hydrogen) atoms. The summed E-state index contributed by atoms with van der Waals surface area (Å²) in [7, 11) is -3.87. The summed E-state index contributed by atoms with van der Waals surface area (Å²) in [5, 5.41) is 2.36. The van der Waals surface area contributed by atoms with E-state index in [2.05, 4.69) is 5.09 Å². The van der Waals surface area contributed by atoms with Crippen molar-refractivity contribution in [3.63, 3.8) is 0 Å². The number of carbonyl (C=O) groups is 1. The third-order valence-corrected chi connectivity index (χ3v) is 5.95. The summed E-state index contributed by atoms with van der Waals surface area (Å²) in [5.41, 5.74) is -3.90. The van der Waals surface area contributed by atoms with Crippen molar-refractivity contribution < 1.29 is 32.3 Å². The molecule has 0 aromatic carbocycles. The van der Waals surface area contributed by atoms with Crippen molar-refractivity contribution in [1.29, 1.82) is 0 Å². The Morgan fingerprint density at radius 1 is 1.39 bits per heavy atom. The highest BCUT2D eigenvalue weighted by Crippen LogP contribution is 2.48. The maximum Gasteiger partial charge on any atom is 0.406 e. The topological polar surface area (TPSA) is 138 Å². The molecule has 3 heterocycles. The van der Waals surface area contributed by atoms with Gasteiger partial charge >= 0.3 is 19.4 Å². The zero-order valence-electron chi connectivity index (χ0n) is 15.4. The fourth-order valence-corrected chi connectivity index (χ4v) is 4.50. The second-order valence-electron chi connectivity index (χ2n) is 6.89. The van der Waals surface area contributed by atoms with Crippen LogP contribution < -0.4 is 16.3 Å². The van der Waals surface area contributed by atoms with Gasteiger partial charge in [-0.05, 0) is 20.8 Å². The standard InChI is InChI=1S/C15H21FN3O8P/c1-8(2)27-28(23)17-6-11(21)26-12-9(7-24-28)25-13(15(12,3)16)19-5-4-10(20)18-14(19)22/h4-5,8-9,12-13H,6-7H2,1-3H3,(H,17,23)(H,18,20,22)/t9-,12?,13-,15?,28?/m1/s1.